The van der Waals surface area contributed by atoms with E-state index >= 15 is 0 Å². The van der Waals surface area contributed by atoms with Gasteiger partial charge in [0.15, 0.2) is 0 Å². The Morgan fingerprint density at radius 1 is 1.15 bits per heavy atom. The third-order valence-electron chi connectivity index (χ3n) is 6.63. The van der Waals surface area contributed by atoms with E-state index in [0.29, 0.717) is 25.0 Å². The lowest BCUT2D eigenvalue weighted by molar-refractivity contribution is -0.139. The number of aliphatic hydroxyl groups is 1. The average Bonchev–Trinajstić information content (AvgIpc) is 3.22. The predicted molar refractivity (Wildman–Crippen MR) is 107 cm³/mol. The number of carbonyl (C=O) groups excluding carboxylic acids is 2. The maximum atomic E-state index is 13.2. The van der Waals surface area contributed by atoms with Crippen LogP contribution in [0.25, 0.3) is 0 Å². The van der Waals surface area contributed by atoms with Crippen LogP contribution in [0.1, 0.15) is 44.9 Å². The van der Waals surface area contributed by atoms with Crippen molar-refractivity contribution in [1.29, 1.82) is 0 Å². The summed E-state index contributed by atoms with van der Waals surface area (Å²) in [4.78, 5) is 30.0. The molecular weight excluding hydrogens is 360 g/mol. The Morgan fingerprint density at radius 2 is 1.96 bits per heavy atom. The average molecular weight is 391 g/mol. The minimum Gasteiger partial charge on any atom is -0.387 e. The molecule has 6 heteroatoms. The number of aliphatic hydroxyl groups excluding tert-OH is 1. The Bertz CT molecular complexity index is 658. The molecule has 0 aromatic rings. The Morgan fingerprint density at radius 3 is 2.74 bits per heavy atom. The van der Waals surface area contributed by atoms with Crippen molar-refractivity contribution in [2.24, 2.45) is 11.8 Å². The second-order valence-corrected chi connectivity index (χ2v) is 9.27. The van der Waals surface area contributed by atoms with Gasteiger partial charge in [-0.15, -0.1) is 11.8 Å². The summed E-state index contributed by atoms with van der Waals surface area (Å²) in [5.74, 6) is 1.70. The maximum Gasteiger partial charge on any atom is 0.248 e. The van der Waals surface area contributed by atoms with Gasteiger partial charge in [-0.25, -0.2) is 0 Å². The summed E-state index contributed by atoms with van der Waals surface area (Å²) >= 11 is 1.79. The van der Waals surface area contributed by atoms with E-state index in [1.807, 2.05) is 0 Å². The van der Waals surface area contributed by atoms with Crippen LogP contribution in [0.2, 0.25) is 0 Å². The van der Waals surface area contributed by atoms with Gasteiger partial charge in [0.25, 0.3) is 0 Å². The van der Waals surface area contributed by atoms with Gasteiger partial charge < -0.3 is 14.9 Å². The topological polar surface area (TPSA) is 60.9 Å². The van der Waals surface area contributed by atoms with E-state index in [9.17, 15) is 9.59 Å². The maximum absolute atomic E-state index is 13.2. The summed E-state index contributed by atoms with van der Waals surface area (Å²) < 4.78 is 0. The summed E-state index contributed by atoms with van der Waals surface area (Å²) in [5.41, 5.74) is 1.26. The Balaban J connectivity index is 1.41. The molecule has 3 atom stereocenters. The van der Waals surface area contributed by atoms with Crippen LogP contribution in [0.3, 0.4) is 0 Å². The number of amides is 2. The molecule has 0 bridgehead atoms. The van der Waals surface area contributed by atoms with E-state index < -0.39 is 6.61 Å². The molecule has 5 nitrogen and oxygen atoms in total. The first-order chi connectivity index (χ1) is 13.2. The number of hydrogen-bond donors (Lipinski definition) is 1. The van der Waals surface area contributed by atoms with Crippen molar-refractivity contribution in [3.8, 4) is 0 Å². The highest BCUT2D eigenvalue weighted by Crippen LogP contribution is 2.40. The summed E-state index contributed by atoms with van der Waals surface area (Å²) in [6.07, 6.45) is 12.6. The molecule has 1 N–H and O–H groups in total. The second kappa shape index (κ2) is 8.39. The van der Waals surface area contributed by atoms with Gasteiger partial charge in [-0.05, 0) is 43.6 Å². The lowest BCUT2D eigenvalue weighted by Crippen LogP contribution is -2.51. The van der Waals surface area contributed by atoms with E-state index in [0.717, 1.165) is 31.1 Å². The molecule has 1 saturated carbocycles. The molecule has 2 fully saturated rings. The molecule has 0 aromatic heterocycles. The normalized spacial score (nSPS) is 31.2. The van der Waals surface area contributed by atoms with Crippen molar-refractivity contribution >= 4 is 23.6 Å². The Labute approximate surface area is 165 Å². The van der Waals surface area contributed by atoms with E-state index in [1.165, 1.54) is 42.6 Å². The lowest BCUT2D eigenvalue weighted by Gasteiger charge is -2.44. The zero-order chi connectivity index (χ0) is 18.8. The number of carbonyl (C=O) groups is 2. The van der Waals surface area contributed by atoms with Crippen molar-refractivity contribution in [1.82, 2.24) is 9.80 Å². The quantitative estimate of drug-likeness (QED) is 0.805. The summed E-state index contributed by atoms with van der Waals surface area (Å²) in [6.45, 7) is 1.72. The van der Waals surface area contributed by atoms with Crippen LogP contribution in [0.15, 0.2) is 22.6 Å². The monoisotopic (exact) mass is 390 g/mol. The first-order valence-corrected chi connectivity index (χ1v) is 11.4. The van der Waals surface area contributed by atoms with Crippen LogP contribution in [-0.2, 0) is 9.59 Å². The molecule has 1 aliphatic carbocycles. The van der Waals surface area contributed by atoms with Gasteiger partial charge in [-0.2, -0.15) is 0 Å². The van der Waals surface area contributed by atoms with Crippen molar-refractivity contribution in [2.75, 3.05) is 32.0 Å². The standard InChI is InChI=1S/C21H30N2O3S/c24-13-20(25)22-10-7-16(8-11-22)19-12-17(14-27-19)21(26)23-9-3-5-15-4-1-2-6-18(15)23/h7,12,15,17-18,24H,1-6,8-11,13-14H2. The van der Waals surface area contributed by atoms with Crippen LogP contribution in [0.5, 0.6) is 0 Å². The molecule has 3 aliphatic heterocycles. The van der Waals surface area contributed by atoms with Crippen LogP contribution >= 0.6 is 11.8 Å². The molecule has 4 aliphatic rings. The van der Waals surface area contributed by atoms with Gasteiger partial charge in [-0.3, -0.25) is 9.59 Å². The van der Waals surface area contributed by atoms with E-state index in [2.05, 4.69) is 17.1 Å². The first-order valence-electron chi connectivity index (χ1n) is 10.4. The minimum atomic E-state index is -0.421. The molecule has 4 rings (SSSR count). The Kier molecular flexibility index (Phi) is 5.93. The zero-order valence-electron chi connectivity index (χ0n) is 15.9. The van der Waals surface area contributed by atoms with Gasteiger partial charge in [0.1, 0.15) is 6.61 Å². The molecule has 0 radical (unpaired) electrons. The first kappa shape index (κ1) is 19.1. The Hall–Kier alpha value is -1.27. The molecule has 3 heterocycles. The van der Waals surface area contributed by atoms with Gasteiger partial charge in [0.2, 0.25) is 11.8 Å². The lowest BCUT2D eigenvalue weighted by atomic mass is 9.78. The number of fused-ring (bicyclic) bond motifs is 1. The number of likely N-dealkylation sites (tertiary alicyclic amines) is 1. The molecular formula is C21H30N2O3S. The molecule has 1 saturated heterocycles. The van der Waals surface area contributed by atoms with Gasteiger partial charge >= 0.3 is 0 Å². The van der Waals surface area contributed by atoms with E-state index in [-0.39, 0.29) is 11.8 Å². The van der Waals surface area contributed by atoms with E-state index in [4.69, 9.17) is 5.11 Å². The molecule has 148 valence electrons. The number of thioether (sulfide) groups is 1. The van der Waals surface area contributed by atoms with Crippen molar-refractivity contribution < 1.29 is 14.7 Å². The van der Waals surface area contributed by atoms with Gasteiger partial charge in [0.05, 0.1) is 5.92 Å². The van der Waals surface area contributed by atoms with Gasteiger partial charge in [0, 0.05) is 36.3 Å². The minimum absolute atomic E-state index is 0.00341. The highest BCUT2D eigenvalue weighted by Gasteiger charge is 2.38. The second-order valence-electron chi connectivity index (χ2n) is 8.21. The summed E-state index contributed by atoms with van der Waals surface area (Å²) in [7, 11) is 0. The summed E-state index contributed by atoms with van der Waals surface area (Å²) in [5, 5.41) is 9.00. The van der Waals surface area contributed by atoms with Crippen LogP contribution in [-0.4, -0.2) is 64.8 Å². The molecule has 27 heavy (non-hydrogen) atoms. The van der Waals surface area contributed by atoms with Crippen LogP contribution < -0.4 is 0 Å². The predicted octanol–water partition coefficient (Wildman–Crippen LogP) is 2.57. The third kappa shape index (κ3) is 3.97. The van der Waals surface area contributed by atoms with Crippen LogP contribution in [0.4, 0.5) is 0 Å². The molecule has 0 spiro atoms. The van der Waals surface area contributed by atoms with Crippen molar-refractivity contribution in [3.05, 3.63) is 22.6 Å². The number of nitrogens with zero attached hydrogens (tertiary/aromatic N) is 2. The van der Waals surface area contributed by atoms with Crippen molar-refractivity contribution in [2.45, 2.75) is 51.0 Å². The number of hydrogen-bond acceptors (Lipinski definition) is 4. The zero-order valence-corrected chi connectivity index (χ0v) is 16.8. The fourth-order valence-electron chi connectivity index (χ4n) is 5.13. The SMILES string of the molecule is O=C(CO)N1CC=C(C2=CC(C(=O)N3CCCC4CCCCC43)CS2)CC1. The molecule has 2 amide bonds. The molecule has 3 unspecified atom stereocenters. The molecule has 0 aromatic carbocycles. The van der Waals surface area contributed by atoms with Crippen molar-refractivity contribution in [3.63, 3.8) is 0 Å². The number of rotatable bonds is 3. The van der Waals surface area contributed by atoms with E-state index in [1.54, 1.807) is 16.7 Å². The summed E-state index contributed by atoms with van der Waals surface area (Å²) in [6, 6.07) is 0.481. The fraction of sp³-hybridized carbons (Fsp3) is 0.714. The van der Waals surface area contributed by atoms with Gasteiger partial charge in [-0.1, -0.05) is 25.0 Å². The largest absolute Gasteiger partial charge is 0.387 e. The van der Waals surface area contributed by atoms with Crippen LogP contribution in [0, 0.1) is 11.8 Å². The smallest absolute Gasteiger partial charge is 0.248 e. The number of allylic oxidation sites excluding steroid dienone is 1. The number of piperidine rings is 1. The highest BCUT2D eigenvalue weighted by atomic mass is 32.2. The fourth-order valence-corrected chi connectivity index (χ4v) is 6.36. The highest BCUT2D eigenvalue weighted by molar-refractivity contribution is 8.03. The third-order valence-corrected chi connectivity index (χ3v) is 7.86.